The van der Waals surface area contributed by atoms with Gasteiger partial charge in [0, 0.05) is 0 Å². The van der Waals surface area contributed by atoms with Gasteiger partial charge < -0.3 is 0 Å². The summed E-state index contributed by atoms with van der Waals surface area (Å²) in [4.78, 5) is 11.8. The number of aryl methyl sites for hydroxylation is 1. The zero-order chi connectivity index (χ0) is 16.9. The number of nitrogens with two attached hydrogens (primary N) is 1. The van der Waals surface area contributed by atoms with Gasteiger partial charge in [0.25, 0.3) is 5.91 Å². The van der Waals surface area contributed by atoms with Gasteiger partial charge in [0.2, 0.25) is 14.9 Å². The Morgan fingerprint density at radius 1 is 1.04 bits per heavy atom. The molecular weight excluding hydrogens is 316 g/mol. The number of carbonyl (C=O) groups is 1. The highest BCUT2D eigenvalue weighted by Gasteiger charge is 2.29. The van der Waals surface area contributed by atoms with E-state index in [9.17, 15) is 13.2 Å². The molecule has 0 heterocycles. The molecule has 0 atom stereocenters. The first-order chi connectivity index (χ1) is 10.9. The topological polar surface area (TPSA) is 114 Å². The second kappa shape index (κ2) is 7.03. The van der Waals surface area contributed by atoms with Gasteiger partial charge >= 0.3 is 0 Å². The number of sulfone groups is 1. The lowest BCUT2D eigenvalue weighted by Crippen LogP contribution is -2.40. The predicted octanol–water partition coefficient (Wildman–Crippen LogP) is 1.18. The second-order valence-corrected chi connectivity index (χ2v) is 6.55. The quantitative estimate of drug-likeness (QED) is 0.257. The summed E-state index contributed by atoms with van der Waals surface area (Å²) in [6.45, 7) is 1.92. The van der Waals surface area contributed by atoms with Crippen molar-refractivity contribution in [1.29, 1.82) is 0 Å². The largest absolute Gasteiger partial charge is 0.297 e. The van der Waals surface area contributed by atoms with E-state index in [2.05, 4.69) is 10.5 Å². The first-order valence-electron chi connectivity index (χ1n) is 6.66. The average molecular weight is 332 g/mol. The number of hydrazine groups is 1. The molecule has 0 aliphatic carbocycles. The molecule has 0 saturated heterocycles. The van der Waals surface area contributed by atoms with Crippen LogP contribution in [-0.2, 0) is 14.6 Å². The van der Waals surface area contributed by atoms with Crippen molar-refractivity contribution in [2.75, 3.05) is 5.43 Å². The van der Waals surface area contributed by atoms with Crippen LogP contribution in [0.5, 0.6) is 0 Å². The molecule has 0 saturated carbocycles. The van der Waals surface area contributed by atoms with E-state index in [-0.39, 0.29) is 4.90 Å². The molecule has 0 aliphatic rings. The summed E-state index contributed by atoms with van der Waals surface area (Å²) in [7, 11) is -4.10. The average Bonchev–Trinajstić information content (AvgIpc) is 2.57. The summed E-state index contributed by atoms with van der Waals surface area (Å²) >= 11 is 0. The van der Waals surface area contributed by atoms with Crippen molar-refractivity contribution in [1.82, 2.24) is 5.43 Å². The van der Waals surface area contributed by atoms with Crippen LogP contribution in [0.25, 0.3) is 0 Å². The molecule has 23 heavy (non-hydrogen) atoms. The van der Waals surface area contributed by atoms with E-state index in [1.54, 1.807) is 35.8 Å². The van der Waals surface area contributed by atoms with Gasteiger partial charge in [-0.05, 0) is 31.2 Å². The van der Waals surface area contributed by atoms with Crippen molar-refractivity contribution in [3.8, 4) is 0 Å². The van der Waals surface area contributed by atoms with Gasteiger partial charge in [-0.2, -0.15) is 5.10 Å². The fourth-order valence-electron chi connectivity index (χ4n) is 1.75. The molecule has 0 bridgehead atoms. The summed E-state index contributed by atoms with van der Waals surface area (Å²) < 4.78 is 25.0. The molecule has 2 aromatic carbocycles. The number of anilines is 1. The van der Waals surface area contributed by atoms with Crippen LogP contribution in [0.1, 0.15) is 5.56 Å². The van der Waals surface area contributed by atoms with Crippen LogP contribution >= 0.6 is 0 Å². The van der Waals surface area contributed by atoms with Gasteiger partial charge in [0.15, 0.2) is 0 Å². The molecule has 0 radical (unpaired) electrons. The van der Waals surface area contributed by atoms with E-state index in [0.717, 1.165) is 5.56 Å². The van der Waals surface area contributed by atoms with Crippen LogP contribution in [0, 0.1) is 6.92 Å². The van der Waals surface area contributed by atoms with Crippen molar-refractivity contribution >= 4 is 26.5 Å². The highest BCUT2D eigenvalue weighted by molar-refractivity contribution is 8.08. The Morgan fingerprint density at radius 3 is 2.22 bits per heavy atom. The predicted molar refractivity (Wildman–Crippen MR) is 88.2 cm³/mol. The van der Waals surface area contributed by atoms with Crippen molar-refractivity contribution in [3.05, 3.63) is 60.2 Å². The molecule has 0 fully saturated rings. The molecule has 0 unspecified atom stereocenters. The maximum atomic E-state index is 12.5. The number of rotatable bonds is 3. The normalized spacial score (nSPS) is 11.8. The van der Waals surface area contributed by atoms with Crippen LogP contribution in [0.4, 0.5) is 5.69 Å². The number of hydrogen-bond acceptors (Lipinski definition) is 6. The minimum atomic E-state index is -4.10. The zero-order valence-electron chi connectivity index (χ0n) is 12.4. The van der Waals surface area contributed by atoms with E-state index in [1.165, 1.54) is 12.1 Å². The van der Waals surface area contributed by atoms with Gasteiger partial charge in [0.05, 0.1) is 10.6 Å². The van der Waals surface area contributed by atoms with Crippen molar-refractivity contribution in [2.24, 2.45) is 10.9 Å². The number of nitrogens with one attached hydrogen (secondary N) is 2. The SMILES string of the molecule is Cc1ccc(N/N=C(/C(=O)NN)S(=O)(=O)c2ccccc2)cc1. The molecular formula is C15H16N4O3S. The van der Waals surface area contributed by atoms with E-state index in [0.29, 0.717) is 5.69 Å². The number of hydrogen-bond donors (Lipinski definition) is 3. The molecule has 0 aliphatic heterocycles. The lowest BCUT2D eigenvalue weighted by atomic mass is 10.2. The van der Waals surface area contributed by atoms with Crippen molar-refractivity contribution in [2.45, 2.75) is 11.8 Å². The third kappa shape index (κ3) is 3.93. The maximum Gasteiger partial charge on any atom is 0.297 e. The summed E-state index contributed by atoms with van der Waals surface area (Å²) in [6, 6.07) is 14.6. The molecule has 4 N–H and O–H groups in total. The van der Waals surface area contributed by atoms with E-state index >= 15 is 0 Å². The Kier molecular flexibility index (Phi) is 5.09. The number of amides is 1. The van der Waals surface area contributed by atoms with E-state index < -0.39 is 20.8 Å². The number of benzene rings is 2. The van der Waals surface area contributed by atoms with Crippen LogP contribution < -0.4 is 16.7 Å². The maximum absolute atomic E-state index is 12.5. The van der Waals surface area contributed by atoms with Gasteiger partial charge in [-0.15, -0.1) is 0 Å². The Hall–Kier alpha value is -2.71. The standard InChI is InChI=1S/C15H16N4O3S/c1-11-7-9-12(10-8-11)18-19-15(14(20)17-16)23(21,22)13-5-3-2-4-6-13/h2-10,18H,16H2,1H3,(H,17,20)/b19-15-. The molecule has 7 nitrogen and oxygen atoms in total. The van der Waals surface area contributed by atoms with Crippen LogP contribution in [0.15, 0.2) is 64.6 Å². The minimum absolute atomic E-state index is 0.0481. The molecule has 0 spiro atoms. The smallest absolute Gasteiger partial charge is 0.288 e. The lowest BCUT2D eigenvalue weighted by Gasteiger charge is -2.08. The molecule has 1 amide bonds. The number of nitrogens with zero attached hydrogens (tertiary/aromatic N) is 1. The highest BCUT2D eigenvalue weighted by atomic mass is 32.2. The fraction of sp³-hybridized carbons (Fsp3) is 0.0667. The van der Waals surface area contributed by atoms with Crippen molar-refractivity contribution in [3.63, 3.8) is 0 Å². The second-order valence-electron chi connectivity index (χ2n) is 4.68. The number of hydrazone groups is 1. The molecule has 120 valence electrons. The van der Waals surface area contributed by atoms with E-state index in [1.807, 2.05) is 19.1 Å². The molecule has 8 heteroatoms. The summed E-state index contributed by atoms with van der Waals surface area (Å²) in [5.41, 5.74) is 5.93. The van der Waals surface area contributed by atoms with Crippen LogP contribution in [-0.4, -0.2) is 19.4 Å². The summed E-state index contributed by atoms with van der Waals surface area (Å²) in [5, 5.41) is 3.01. The number of carbonyl (C=O) groups excluding carboxylic acids is 1. The third-order valence-electron chi connectivity index (χ3n) is 2.97. The Morgan fingerprint density at radius 2 is 1.65 bits per heavy atom. The monoisotopic (exact) mass is 332 g/mol. The summed E-state index contributed by atoms with van der Waals surface area (Å²) in [5.74, 6) is 4.06. The van der Waals surface area contributed by atoms with Crippen molar-refractivity contribution < 1.29 is 13.2 Å². The first kappa shape index (κ1) is 16.7. The zero-order valence-corrected chi connectivity index (χ0v) is 13.2. The summed E-state index contributed by atoms with van der Waals surface area (Å²) in [6.07, 6.45) is 0. The molecule has 2 aromatic rings. The van der Waals surface area contributed by atoms with Gasteiger partial charge in [-0.25, -0.2) is 14.3 Å². The van der Waals surface area contributed by atoms with Gasteiger partial charge in [-0.3, -0.25) is 15.6 Å². The lowest BCUT2D eigenvalue weighted by molar-refractivity contribution is -0.114. The Balaban J connectivity index is 2.39. The van der Waals surface area contributed by atoms with Gasteiger partial charge in [0.1, 0.15) is 0 Å². The fourth-order valence-corrected chi connectivity index (χ4v) is 2.96. The van der Waals surface area contributed by atoms with Crippen LogP contribution in [0.3, 0.4) is 0 Å². The first-order valence-corrected chi connectivity index (χ1v) is 8.15. The minimum Gasteiger partial charge on any atom is -0.288 e. The van der Waals surface area contributed by atoms with E-state index in [4.69, 9.17) is 5.84 Å². The van der Waals surface area contributed by atoms with Gasteiger partial charge in [-0.1, -0.05) is 35.9 Å². The molecule has 2 rings (SSSR count). The Labute approximate surface area is 134 Å². The molecule has 0 aromatic heterocycles. The third-order valence-corrected chi connectivity index (χ3v) is 4.65. The Bertz CT molecular complexity index is 816. The van der Waals surface area contributed by atoms with Crippen LogP contribution in [0.2, 0.25) is 0 Å². The highest BCUT2D eigenvalue weighted by Crippen LogP contribution is 2.14.